The van der Waals surface area contributed by atoms with Crippen molar-refractivity contribution in [2.75, 3.05) is 6.61 Å². The molecule has 0 unspecified atom stereocenters. The Bertz CT molecular complexity index is 1210. The van der Waals surface area contributed by atoms with Crippen LogP contribution in [0.2, 0.25) is 0 Å². The van der Waals surface area contributed by atoms with Crippen LogP contribution in [0.25, 0.3) is 21.3 Å². The summed E-state index contributed by atoms with van der Waals surface area (Å²) in [7, 11) is 0. The first-order valence-corrected chi connectivity index (χ1v) is 10.4. The van der Waals surface area contributed by atoms with E-state index in [0.717, 1.165) is 22.4 Å². The van der Waals surface area contributed by atoms with Crippen molar-refractivity contribution in [1.82, 2.24) is 9.55 Å². The van der Waals surface area contributed by atoms with E-state index >= 15 is 0 Å². The van der Waals surface area contributed by atoms with E-state index in [1.807, 2.05) is 66.9 Å². The van der Waals surface area contributed by atoms with Crippen molar-refractivity contribution < 1.29 is 14.3 Å². The highest BCUT2D eigenvalue weighted by atomic mass is 32.1. The molecule has 0 amide bonds. The molecule has 0 spiro atoms. The molecule has 152 valence electrons. The van der Waals surface area contributed by atoms with Gasteiger partial charge in [-0.1, -0.05) is 42.5 Å². The predicted octanol–water partition coefficient (Wildman–Crippen LogP) is 4.27. The summed E-state index contributed by atoms with van der Waals surface area (Å²) in [5.41, 5.74) is 2.32. The molecule has 4 rings (SSSR count). The Morgan fingerprint density at radius 3 is 2.60 bits per heavy atom. The van der Waals surface area contributed by atoms with Crippen molar-refractivity contribution in [3.8, 4) is 16.9 Å². The Balaban J connectivity index is 1.56. The molecular formula is C23H20N2O4S. The van der Waals surface area contributed by atoms with Gasteiger partial charge in [-0.25, -0.2) is 4.98 Å². The van der Waals surface area contributed by atoms with Crippen molar-refractivity contribution in [2.24, 2.45) is 0 Å². The van der Waals surface area contributed by atoms with Gasteiger partial charge in [0.25, 0.3) is 5.56 Å². The zero-order valence-electron chi connectivity index (χ0n) is 16.4. The number of esters is 1. The largest absolute Gasteiger partial charge is 0.494 e. The quantitative estimate of drug-likeness (QED) is 0.418. The summed E-state index contributed by atoms with van der Waals surface area (Å²) in [5.74, 6) is 0.289. The Labute approximate surface area is 177 Å². The van der Waals surface area contributed by atoms with Gasteiger partial charge in [-0.2, -0.15) is 0 Å². The molecule has 7 heteroatoms. The van der Waals surface area contributed by atoms with Crippen LogP contribution in [-0.4, -0.2) is 22.1 Å². The van der Waals surface area contributed by atoms with Gasteiger partial charge in [-0.15, -0.1) is 11.3 Å². The number of carbonyl (C=O) groups is 1. The highest BCUT2D eigenvalue weighted by Crippen LogP contribution is 2.31. The number of aromatic nitrogens is 2. The van der Waals surface area contributed by atoms with Crippen LogP contribution in [0.3, 0.4) is 0 Å². The van der Waals surface area contributed by atoms with Crippen molar-refractivity contribution in [3.63, 3.8) is 0 Å². The molecule has 0 N–H and O–H groups in total. The first-order chi connectivity index (χ1) is 14.7. The predicted molar refractivity (Wildman–Crippen MR) is 117 cm³/mol. The summed E-state index contributed by atoms with van der Waals surface area (Å²) in [6.45, 7) is 2.50. The third-order valence-corrected chi connectivity index (χ3v) is 5.47. The first kappa shape index (κ1) is 19.8. The van der Waals surface area contributed by atoms with Gasteiger partial charge in [0.05, 0.1) is 18.3 Å². The molecule has 4 aromatic rings. The van der Waals surface area contributed by atoms with E-state index in [-0.39, 0.29) is 18.7 Å². The fraction of sp³-hybridized carbons (Fsp3) is 0.174. The average Bonchev–Trinajstić information content (AvgIpc) is 3.21. The number of hydrogen-bond acceptors (Lipinski definition) is 6. The minimum absolute atomic E-state index is 0.167. The lowest BCUT2D eigenvalue weighted by Gasteiger charge is -2.08. The van der Waals surface area contributed by atoms with Crippen LogP contribution < -0.4 is 10.3 Å². The van der Waals surface area contributed by atoms with Crippen LogP contribution in [0.1, 0.15) is 12.5 Å². The van der Waals surface area contributed by atoms with E-state index in [0.29, 0.717) is 16.8 Å². The summed E-state index contributed by atoms with van der Waals surface area (Å²) in [6, 6.07) is 17.0. The molecule has 2 aromatic carbocycles. The SMILES string of the molecule is CCOc1ccc(-c2csc3ncn(CC(=O)OCc4ccccc4)c(=O)c23)cc1. The molecule has 0 atom stereocenters. The monoisotopic (exact) mass is 420 g/mol. The van der Waals surface area contributed by atoms with Gasteiger partial charge in [-0.3, -0.25) is 14.2 Å². The van der Waals surface area contributed by atoms with Gasteiger partial charge in [0.1, 0.15) is 23.7 Å². The highest BCUT2D eigenvalue weighted by Gasteiger charge is 2.15. The third kappa shape index (κ3) is 4.26. The Hall–Kier alpha value is -3.45. The number of carbonyl (C=O) groups excluding carboxylic acids is 1. The molecule has 30 heavy (non-hydrogen) atoms. The van der Waals surface area contributed by atoms with Crippen LogP contribution in [-0.2, 0) is 22.7 Å². The summed E-state index contributed by atoms with van der Waals surface area (Å²) in [4.78, 5) is 30.3. The fourth-order valence-corrected chi connectivity index (χ4v) is 4.02. The Kier molecular flexibility index (Phi) is 5.90. The minimum atomic E-state index is -0.486. The second-order valence-electron chi connectivity index (χ2n) is 6.61. The zero-order valence-corrected chi connectivity index (χ0v) is 17.2. The molecule has 0 fully saturated rings. The van der Waals surface area contributed by atoms with Gasteiger partial charge < -0.3 is 9.47 Å². The second kappa shape index (κ2) is 8.92. The number of fused-ring (bicyclic) bond motifs is 1. The van der Waals surface area contributed by atoms with Crippen LogP contribution in [0, 0.1) is 0 Å². The van der Waals surface area contributed by atoms with Crippen LogP contribution >= 0.6 is 11.3 Å². The molecule has 0 radical (unpaired) electrons. The highest BCUT2D eigenvalue weighted by molar-refractivity contribution is 7.17. The second-order valence-corrected chi connectivity index (χ2v) is 7.47. The Morgan fingerprint density at radius 2 is 1.87 bits per heavy atom. The fourth-order valence-electron chi connectivity index (χ4n) is 3.11. The van der Waals surface area contributed by atoms with E-state index in [1.54, 1.807) is 0 Å². The normalized spacial score (nSPS) is 10.8. The lowest BCUT2D eigenvalue weighted by molar-refractivity contribution is -0.145. The van der Waals surface area contributed by atoms with E-state index in [9.17, 15) is 9.59 Å². The minimum Gasteiger partial charge on any atom is -0.494 e. The van der Waals surface area contributed by atoms with Gasteiger partial charge in [0, 0.05) is 10.9 Å². The number of nitrogens with zero attached hydrogens (tertiary/aromatic N) is 2. The van der Waals surface area contributed by atoms with E-state index in [4.69, 9.17) is 9.47 Å². The Morgan fingerprint density at radius 1 is 1.10 bits per heavy atom. The molecule has 2 heterocycles. The van der Waals surface area contributed by atoms with E-state index in [2.05, 4.69) is 4.98 Å². The van der Waals surface area contributed by atoms with Crippen LogP contribution in [0.15, 0.2) is 71.1 Å². The van der Waals surface area contributed by atoms with Crippen molar-refractivity contribution in [3.05, 3.63) is 82.2 Å². The molecule has 2 aromatic heterocycles. The molecule has 6 nitrogen and oxygen atoms in total. The van der Waals surface area contributed by atoms with Gasteiger partial charge in [0.2, 0.25) is 0 Å². The van der Waals surface area contributed by atoms with Crippen molar-refractivity contribution >= 4 is 27.5 Å². The molecule has 0 saturated heterocycles. The number of ether oxygens (including phenoxy) is 2. The summed E-state index contributed by atoms with van der Waals surface area (Å²) < 4.78 is 12.1. The topological polar surface area (TPSA) is 70.4 Å². The van der Waals surface area contributed by atoms with Crippen molar-refractivity contribution in [1.29, 1.82) is 0 Å². The molecule has 0 saturated carbocycles. The van der Waals surface area contributed by atoms with E-state index < -0.39 is 5.97 Å². The average molecular weight is 420 g/mol. The maximum Gasteiger partial charge on any atom is 0.326 e. The van der Waals surface area contributed by atoms with Crippen LogP contribution in [0.4, 0.5) is 0 Å². The van der Waals surface area contributed by atoms with E-state index in [1.165, 1.54) is 22.2 Å². The third-order valence-electron chi connectivity index (χ3n) is 4.58. The summed E-state index contributed by atoms with van der Waals surface area (Å²) in [5, 5.41) is 2.41. The van der Waals surface area contributed by atoms with Gasteiger partial charge >= 0.3 is 5.97 Å². The maximum atomic E-state index is 13.1. The first-order valence-electron chi connectivity index (χ1n) is 9.55. The molecule has 0 aliphatic heterocycles. The maximum absolute atomic E-state index is 13.1. The zero-order chi connectivity index (χ0) is 20.9. The number of benzene rings is 2. The number of thiophene rings is 1. The lowest BCUT2D eigenvalue weighted by Crippen LogP contribution is -2.25. The molecule has 0 aliphatic rings. The smallest absolute Gasteiger partial charge is 0.326 e. The summed E-state index contributed by atoms with van der Waals surface area (Å²) >= 11 is 1.40. The molecule has 0 bridgehead atoms. The number of hydrogen-bond donors (Lipinski definition) is 0. The van der Waals surface area contributed by atoms with Crippen LogP contribution in [0.5, 0.6) is 5.75 Å². The standard InChI is InChI=1S/C23H20N2O4S/c1-2-28-18-10-8-17(9-11-18)19-14-30-22-21(19)23(27)25(15-24-22)12-20(26)29-13-16-6-4-3-5-7-16/h3-11,14-15H,2,12-13H2,1H3. The van der Waals surface area contributed by atoms with Gasteiger partial charge in [-0.05, 0) is 30.2 Å². The molecular weight excluding hydrogens is 400 g/mol. The van der Waals surface area contributed by atoms with Crippen molar-refractivity contribution in [2.45, 2.75) is 20.1 Å². The summed E-state index contributed by atoms with van der Waals surface area (Å²) in [6.07, 6.45) is 1.40. The number of rotatable bonds is 7. The lowest BCUT2D eigenvalue weighted by atomic mass is 10.1. The molecule has 0 aliphatic carbocycles. The van der Waals surface area contributed by atoms with Gasteiger partial charge in [0.15, 0.2) is 0 Å².